The summed E-state index contributed by atoms with van der Waals surface area (Å²) < 4.78 is 3.45. The molecule has 0 amide bonds. The van der Waals surface area contributed by atoms with Crippen molar-refractivity contribution in [2.24, 2.45) is 0 Å². The van der Waals surface area contributed by atoms with Crippen LogP contribution >= 0.6 is 11.9 Å². The third kappa shape index (κ3) is 5.15. The van der Waals surface area contributed by atoms with Crippen LogP contribution in [0.15, 0.2) is 102 Å². The lowest BCUT2D eigenvalue weighted by atomic mass is 9.90. The van der Waals surface area contributed by atoms with Crippen LogP contribution in [-0.4, -0.2) is 19.9 Å². The minimum absolute atomic E-state index is 0.266. The molecule has 3 aromatic carbocycles. The Balaban J connectivity index is 1.27. The summed E-state index contributed by atoms with van der Waals surface area (Å²) in [4.78, 5) is 17.0. The number of para-hydroxylation sites is 3. The number of imidazole rings is 1. The first-order valence-electron chi connectivity index (χ1n) is 12.5. The monoisotopic (exact) mass is 491 g/mol. The van der Waals surface area contributed by atoms with Crippen molar-refractivity contribution in [3.8, 4) is 0 Å². The van der Waals surface area contributed by atoms with Crippen LogP contribution in [0, 0.1) is 0 Å². The maximum absolute atomic E-state index is 4.89. The molecule has 2 N–H and O–H groups in total. The molecule has 0 aliphatic heterocycles. The lowest BCUT2D eigenvalue weighted by molar-refractivity contribution is 0.153. The van der Waals surface area contributed by atoms with E-state index >= 15 is 0 Å². The largest absolute Gasteiger partial charge is 0.341 e. The smallest absolute Gasteiger partial charge is 0.121 e. The summed E-state index contributed by atoms with van der Waals surface area (Å²) in [5.74, 6) is 0.996. The quantitative estimate of drug-likeness (QED) is 0.226. The van der Waals surface area contributed by atoms with Crippen molar-refractivity contribution in [2.45, 2.75) is 43.3 Å². The first kappa shape index (κ1) is 22.8. The number of H-pyrrole nitrogens is 1. The topological polar surface area (TPSA) is 56.8 Å². The summed E-state index contributed by atoms with van der Waals surface area (Å²) in [6, 6.07) is 31.9. The minimum atomic E-state index is 0.266. The minimum Gasteiger partial charge on any atom is -0.341 e. The lowest BCUT2D eigenvalue weighted by Crippen LogP contribution is -2.31. The molecule has 1 aliphatic rings. The number of nitrogens with zero attached hydrogens (tertiary/aromatic N) is 3. The van der Waals surface area contributed by atoms with E-state index in [0.717, 1.165) is 48.5 Å². The molecule has 36 heavy (non-hydrogen) atoms. The Morgan fingerprint density at radius 2 is 1.81 bits per heavy atom. The summed E-state index contributed by atoms with van der Waals surface area (Å²) in [5.41, 5.74) is 7.08. The van der Waals surface area contributed by atoms with E-state index < -0.39 is 0 Å². The lowest BCUT2D eigenvalue weighted by Gasteiger charge is -2.34. The molecule has 2 aromatic heterocycles. The molecule has 0 saturated heterocycles. The van der Waals surface area contributed by atoms with Gasteiger partial charge in [-0.3, -0.25) is 9.88 Å². The number of benzene rings is 3. The van der Waals surface area contributed by atoms with E-state index in [2.05, 4.69) is 81.3 Å². The van der Waals surface area contributed by atoms with Crippen molar-refractivity contribution < 1.29 is 0 Å². The van der Waals surface area contributed by atoms with Gasteiger partial charge < -0.3 is 9.71 Å². The number of anilines is 1. The van der Waals surface area contributed by atoms with E-state index in [0.29, 0.717) is 0 Å². The van der Waals surface area contributed by atoms with Gasteiger partial charge in [0, 0.05) is 23.3 Å². The SMILES string of the molecule is c1ccc(NSc2cccc(CN(Cc3nc4ccccc4[nH]3)C3CCCc4cccnc43)c2)cc1. The molecule has 5 nitrogen and oxygen atoms in total. The standard InChI is InChI=1S/C30H29N5S/c1-2-12-24(13-3-1)34-36-25-14-6-9-22(19-25)20-35(21-29-32-26-15-4-5-16-27(26)33-29)28-17-7-10-23-11-8-18-31-30(23)28/h1-6,8-9,11-16,18-19,28,34H,7,10,17,20-21H2,(H,32,33). The third-order valence-electron chi connectivity index (χ3n) is 6.74. The number of aromatic nitrogens is 3. The molecular formula is C30H29N5S. The zero-order valence-electron chi connectivity index (χ0n) is 20.1. The molecule has 2 heterocycles. The molecule has 0 radical (unpaired) electrons. The number of aryl methyl sites for hydroxylation is 1. The van der Waals surface area contributed by atoms with Crippen LogP contribution < -0.4 is 4.72 Å². The zero-order chi connectivity index (χ0) is 24.2. The van der Waals surface area contributed by atoms with Crippen molar-refractivity contribution in [1.29, 1.82) is 0 Å². The molecule has 5 aromatic rings. The highest BCUT2D eigenvalue weighted by Gasteiger charge is 2.28. The summed E-state index contributed by atoms with van der Waals surface area (Å²) in [6.07, 6.45) is 5.32. The molecule has 0 bridgehead atoms. The van der Waals surface area contributed by atoms with Crippen LogP contribution in [0.2, 0.25) is 0 Å². The zero-order valence-corrected chi connectivity index (χ0v) is 20.9. The van der Waals surface area contributed by atoms with E-state index in [1.54, 1.807) is 11.9 Å². The average molecular weight is 492 g/mol. The fourth-order valence-electron chi connectivity index (χ4n) is 5.06. The molecule has 6 heteroatoms. The Morgan fingerprint density at radius 1 is 0.917 bits per heavy atom. The van der Waals surface area contributed by atoms with Gasteiger partial charge in [-0.2, -0.15) is 0 Å². The molecule has 1 aliphatic carbocycles. The van der Waals surface area contributed by atoms with E-state index in [1.807, 2.05) is 30.5 Å². The van der Waals surface area contributed by atoms with Crippen molar-refractivity contribution in [2.75, 3.05) is 4.72 Å². The molecule has 180 valence electrons. The van der Waals surface area contributed by atoms with Gasteiger partial charge in [-0.15, -0.1) is 0 Å². The predicted octanol–water partition coefficient (Wildman–Crippen LogP) is 7.16. The normalized spacial score (nSPS) is 15.2. The van der Waals surface area contributed by atoms with Gasteiger partial charge in [0.25, 0.3) is 0 Å². The number of rotatable bonds is 8. The number of hydrogen-bond acceptors (Lipinski definition) is 5. The van der Waals surface area contributed by atoms with Gasteiger partial charge in [-0.1, -0.05) is 48.5 Å². The molecular weight excluding hydrogens is 462 g/mol. The highest BCUT2D eigenvalue weighted by Crippen LogP contribution is 2.35. The molecule has 6 rings (SSSR count). The van der Waals surface area contributed by atoms with Crippen LogP contribution in [0.4, 0.5) is 5.69 Å². The fraction of sp³-hybridized carbons (Fsp3) is 0.200. The van der Waals surface area contributed by atoms with Crippen molar-refractivity contribution >= 4 is 28.7 Å². The van der Waals surface area contributed by atoms with Crippen LogP contribution in [0.1, 0.15) is 41.5 Å². The van der Waals surface area contributed by atoms with Crippen molar-refractivity contribution in [3.63, 3.8) is 0 Å². The summed E-state index contributed by atoms with van der Waals surface area (Å²) >= 11 is 1.65. The first-order valence-corrected chi connectivity index (χ1v) is 13.3. The van der Waals surface area contributed by atoms with Crippen LogP contribution in [0.3, 0.4) is 0 Å². The Labute approximate surface area is 216 Å². The third-order valence-corrected chi connectivity index (χ3v) is 7.57. The second kappa shape index (κ2) is 10.6. The molecule has 1 unspecified atom stereocenters. The van der Waals surface area contributed by atoms with Gasteiger partial charge in [-0.25, -0.2) is 4.98 Å². The molecule has 1 atom stereocenters. The maximum atomic E-state index is 4.89. The van der Waals surface area contributed by atoms with E-state index in [-0.39, 0.29) is 6.04 Å². The average Bonchev–Trinajstić information content (AvgIpc) is 3.34. The van der Waals surface area contributed by atoms with Gasteiger partial charge in [-0.05, 0) is 84.8 Å². The Morgan fingerprint density at radius 3 is 2.72 bits per heavy atom. The number of fused-ring (bicyclic) bond motifs is 2. The van der Waals surface area contributed by atoms with Gasteiger partial charge >= 0.3 is 0 Å². The van der Waals surface area contributed by atoms with Crippen molar-refractivity contribution in [1.82, 2.24) is 19.9 Å². The summed E-state index contributed by atoms with van der Waals surface area (Å²) in [5, 5.41) is 0. The molecule has 0 saturated carbocycles. The van der Waals surface area contributed by atoms with Crippen LogP contribution in [0.5, 0.6) is 0 Å². The molecule has 0 fully saturated rings. The summed E-state index contributed by atoms with van der Waals surface area (Å²) in [6.45, 7) is 1.58. The van der Waals surface area contributed by atoms with Crippen LogP contribution in [-0.2, 0) is 19.5 Å². The van der Waals surface area contributed by atoms with Gasteiger partial charge in [0.1, 0.15) is 5.82 Å². The van der Waals surface area contributed by atoms with Gasteiger partial charge in [0.2, 0.25) is 0 Å². The van der Waals surface area contributed by atoms with E-state index in [9.17, 15) is 0 Å². The highest BCUT2D eigenvalue weighted by molar-refractivity contribution is 8.00. The number of pyridine rings is 1. The van der Waals surface area contributed by atoms with E-state index in [1.165, 1.54) is 28.1 Å². The number of hydrogen-bond donors (Lipinski definition) is 2. The fourth-order valence-corrected chi connectivity index (χ4v) is 5.78. The number of nitrogens with one attached hydrogen (secondary N) is 2. The maximum Gasteiger partial charge on any atom is 0.121 e. The van der Waals surface area contributed by atoms with E-state index in [4.69, 9.17) is 9.97 Å². The van der Waals surface area contributed by atoms with Gasteiger partial charge in [0.05, 0.1) is 29.3 Å². The number of aromatic amines is 1. The second-order valence-electron chi connectivity index (χ2n) is 9.28. The molecule has 0 spiro atoms. The van der Waals surface area contributed by atoms with Gasteiger partial charge in [0.15, 0.2) is 0 Å². The van der Waals surface area contributed by atoms with Crippen LogP contribution in [0.25, 0.3) is 11.0 Å². The predicted molar refractivity (Wildman–Crippen MR) is 148 cm³/mol. The second-order valence-corrected chi connectivity index (χ2v) is 10.2. The Bertz CT molecular complexity index is 1420. The Hall–Kier alpha value is -3.61. The highest BCUT2D eigenvalue weighted by atomic mass is 32.2. The van der Waals surface area contributed by atoms with Crippen molar-refractivity contribution in [3.05, 3.63) is 120 Å². The Kier molecular flexibility index (Phi) is 6.70. The summed E-state index contributed by atoms with van der Waals surface area (Å²) in [7, 11) is 0. The first-order chi connectivity index (χ1) is 17.8.